The number of aromatic nitrogens is 1. The van der Waals surface area contributed by atoms with Crippen LogP contribution in [0.25, 0.3) is 10.9 Å². The molecule has 1 amide bonds. The molecule has 1 unspecified atom stereocenters. The molecule has 0 aliphatic heterocycles. The number of carboxylic acid groups (broad SMARTS) is 1. The van der Waals surface area contributed by atoms with Gasteiger partial charge in [-0.25, -0.2) is 19.0 Å². The minimum Gasteiger partial charge on any atom is -0.474 e. The van der Waals surface area contributed by atoms with E-state index in [1.165, 1.54) is 0 Å². The molecule has 0 aliphatic rings. The van der Waals surface area contributed by atoms with Gasteiger partial charge in [-0.15, -0.1) is 0 Å². The summed E-state index contributed by atoms with van der Waals surface area (Å²) in [5.41, 5.74) is 0.606. The summed E-state index contributed by atoms with van der Waals surface area (Å²) in [6, 6.07) is 15.3. The second-order valence-electron chi connectivity index (χ2n) is 7.53. The van der Waals surface area contributed by atoms with Crippen molar-refractivity contribution in [3.63, 3.8) is 0 Å². The van der Waals surface area contributed by atoms with E-state index in [-0.39, 0.29) is 30.0 Å². The zero-order chi connectivity index (χ0) is 25.5. The van der Waals surface area contributed by atoms with Gasteiger partial charge >= 0.3 is 23.9 Å². The number of hydrogen-bond acceptors (Lipinski definition) is 6. The molecule has 0 saturated carbocycles. The summed E-state index contributed by atoms with van der Waals surface area (Å²) >= 11 is 1.99. The first-order valence-electron chi connectivity index (χ1n) is 11.0. The van der Waals surface area contributed by atoms with Crippen LogP contribution in [0.3, 0.4) is 0 Å². The first-order valence-corrected chi connectivity index (χ1v) is 12.3. The number of nitrogens with zero attached hydrogens (tertiary/aromatic N) is 2. The molecule has 0 fully saturated rings. The Hall–Kier alpha value is -3.41. The molecule has 2 aromatic carbocycles. The first-order chi connectivity index (χ1) is 16.8. The Balaban J connectivity index is 2.30. The van der Waals surface area contributed by atoms with Crippen LogP contribution in [-0.4, -0.2) is 44.3 Å². The molecule has 0 spiro atoms. The van der Waals surface area contributed by atoms with Crippen molar-refractivity contribution in [3.05, 3.63) is 65.9 Å². The topological polar surface area (TPSA) is 115 Å². The lowest BCUT2D eigenvalue weighted by atomic mass is 10.1. The number of para-hydroxylation sites is 1. The standard InChI is InChI=1S/C25H25IN2O7/c1-3-10-19(26)35-25(33)28-18-14-9-8-13-17(18)20(21(28)24(32)34-4-2)27(22(29)23(30)31)15-16-11-6-5-7-12-16/h5-9,11-14,19H,3-4,10,15H2,1-2H3,(H,30,31). The highest BCUT2D eigenvalue weighted by molar-refractivity contribution is 14.1. The zero-order valence-corrected chi connectivity index (χ0v) is 21.4. The lowest BCUT2D eigenvalue weighted by molar-refractivity contribution is -0.148. The summed E-state index contributed by atoms with van der Waals surface area (Å²) in [6.07, 6.45) is 0.553. The number of rotatable bonds is 8. The minimum absolute atomic E-state index is 0.00511. The number of benzene rings is 2. The molecule has 1 aromatic heterocycles. The number of fused-ring (bicyclic) bond motifs is 1. The molecule has 1 atom stereocenters. The van der Waals surface area contributed by atoms with Crippen LogP contribution < -0.4 is 4.90 Å². The van der Waals surface area contributed by atoms with Crippen LogP contribution in [0.5, 0.6) is 0 Å². The van der Waals surface area contributed by atoms with Gasteiger partial charge in [0, 0.05) is 5.39 Å². The van der Waals surface area contributed by atoms with Gasteiger partial charge in [0.05, 0.1) is 24.4 Å². The van der Waals surface area contributed by atoms with E-state index in [9.17, 15) is 24.3 Å². The summed E-state index contributed by atoms with van der Waals surface area (Å²) in [5, 5.41) is 9.92. The summed E-state index contributed by atoms with van der Waals surface area (Å²) in [5.74, 6) is -3.84. The Morgan fingerprint density at radius 2 is 1.69 bits per heavy atom. The number of anilines is 1. The van der Waals surface area contributed by atoms with Gasteiger partial charge < -0.3 is 14.6 Å². The Labute approximate surface area is 215 Å². The average Bonchev–Trinajstić information content (AvgIpc) is 3.18. The number of carboxylic acids is 1. The second kappa shape index (κ2) is 11.8. The lowest BCUT2D eigenvalue weighted by Gasteiger charge is -2.22. The number of halogens is 1. The van der Waals surface area contributed by atoms with Crippen molar-refractivity contribution in [1.29, 1.82) is 0 Å². The summed E-state index contributed by atoms with van der Waals surface area (Å²) in [7, 11) is 0. The van der Waals surface area contributed by atoms with Gasteiger partial charge in [-0.3, -0.25) is 9.69 Å². The van der Waals surface area contributed by atoms with Crippen molar-refractivity contribution in [2.45, 2.75) is 37.3 Å². The third-order valence-corrected chi connectivity index (χ3v) is 6.00. The van der Waals surface area contributed by atoms with E-state index in [0.717, 1.165) is 15.9 Å². The predicted molar refractivity (Wildman–Crippen MR) is 138 cm³/mol. The zero-order valence-electron chi connectivity index (χ0n) is 19.3. The Morgan fingerprint density at radius 1 is 1.03 bits per heavy atom. The van der Waals surface area contributed by atoms with Crippen molar-refractivity contribution in [2.24, 2.45) is 0 Å². The largest absolute Gasteiger partial charge is 0.474 e. The van der Waals surface area contributed by atoms with Crippen molar-refractivity contribution in [2.75, 3.05) is 11.5 Å². The molecule has 184 valence electrons. The number of ether oxygens (including phenoxy) is 2. The number of carbonyl (C=O) groups excluding carboxylic acids is 3. The molecule has 1 N–H and O–H groups in total. The van der Waals surface area contributed by atoms with Crippen LogP contribution in [0.2, 0.25) is 0 Å². The molecule has 10 heteroatoms. The van der Waals surface area contributed by atoms with E-state index in [1.807, 2.05) is 29.5 Å². The fourth-order valence-electron chi connectivity index (χ4n) is 3.65. The van der Waals surface area contributed by atoms with Crippen LogP contribution in [0.15, 0.2) is 54.6 Å². The van der Waals surface area contributed by atoms with Gasteiger partial charge in [-0.1, -0.05) is 61.9 Å². The molecular weight excluding hydrogens is 567 g/mol. The normalized spacial score (nSPS) is 11.6. The lowest BCUT2D eigenvalue weighted by Crippen LogP contribution is -2.37. The van der Waals surface area contributed by atoms with Crippen LogP contribution in [-0.2, 0) is 25.6 Å². The number of esters is 1. The van der Waals surface area contributed by atoms with Crippen molar-refractivity contribution >= 4 is 63.1 Å². The number of aliphatic carboxylic acids is 1. The third kappa shape index (κ3) is 5.81. The highest BCUT2D eigenvalue weighted by Crippen LogP contribution is 2.36. The maximum Gasteiger partial charge on any atom is 0.420 e. The van der Waals surface area contributed by atoms with Gasteiger partial charge in [0.25, 0.3) is 0 Å². The van der Waals surface area contributed by atoms with Gasteiger partial charge in [0.2, 0.25) is 0 Å². The number of alkyl halides is 1. The van der Waals surface area contributed by atoms with Gasteiger partial charge in [0.15, 0.2) is 9.80 Å². The maximum absolute atomic E-state index is 13.3. The molecule has 0 bridgehead atoms. The van der Waals surface area contributed by atoms with E-state index in [2.05, 4.69) is 0 Å². The summed E-state index contributed by atoms with van der Waals surface area (Å²) in [4.78, 5) is 52.2. The van der Waals surface area contributed by atoms with E-state index in [1.54, 1.807) is 61.5 Å². The molecule has 3 aromatic rings. The quantitative estimate of drug-likeness (QED) is 0.170. The van der Waals surface area contributed by atoms with Gasteiger partial charge in [-0.2, -0.15) is 0 Å². The molecule has 1 heterocycles. The van der Waals surface area contributed by atoms with Gasteiger partial charge in [-0.05, 0) is 47.6 Å². The molecule has 0 aliphatic carbocycles. The first kappa shape index (κ1) is 26.2. The summed E-state index contributed by atoms with van der Waals surface area (Å²) in [6.45, 7) is 3.41. The number of carbonyl (C=O) groups is 4. The maximum atomic E-state index is 13.3. The van der Waals surface area contributed by atoms with E-state index < -0.39 is 28.0 Å². The van der Waals surface area contributed by atoms with Crippen molar-refractivity contribution in [3.8, 4) is 0 Å². The molecular formula is C25H25IN2O7. The molecule has 35 heavy (non-hydrogen) atoms. The molecule has 3 rings (SSSR count). The Kier molecular flexibility index (Phi) is 8.85. The smallest absolute Gasteiger partial charge is 0.420 e. The molecule has 0 radical (unpaired) electrons. The van der Waals surface area contributed by atoms with E-state index in [0.29, 0.717) is 17.4 Å². The van der Waals surface area contributed by atoms with Crippen molar-refractivity contribution < 1.29 is 33.8 Å². The number of amides is 1. The average molecular weight is 592 g/mol. The molecule has 0 saturated heterocycles. The fraction of sp³-hybridized carbons (Fsp3) is 0.280. The molecule has 9 nitrogen and oxygen atoms in total. The second-order valence-corrected chi connectivity index (χ2v) is 8.92. The Morgan fingerprint density at radius 3 is 2.31 bits per heavy atom. The minimum atomic E-state index is -1.70. The number of hydrogen-bond donors (Lipinski definition) is 1. The Bertz CT molecular complexity index is 1240. The fourth-order valence-corrected chi connectivity index (χ4v) is 4.50. The predicted octanol–water partition coefficient (Wildman–Crippen LogP) is 4.98. The van der Waals surface area contributed by atoms with Crippen LogP contribution in [0.1, 0.15) is 42.7 Å². The highest BCUT2D eigenvalue weighted by Gasteiger charge is 2.35. The van der Waals surface area contributed by atoms with E-state index >= 15 is 0 Å². The van der Waals surface area contributed by atoms with E-state index in [4.69, 9.17) is 9.47 Å². The van der Waals surface area contributed by atoms with Crippen LogP contribution in [0, 0.1) is 0 Å². The highest BCUT2D eigenvalue weighted by atomic mass is 127. The SMILES string of the molecule is CCCC(I)OC(=O)n1c(C(=O)OCC)c(N(Cc2ccccc2)C(=O)C(=O)O)c2ccccc21. The van der Waals surface area contributed by atoms with Crippen LogP contribution >= 0.6 is 22.6 Å². The van der Waals surface area contributed by atoms with Crippen molar-refractivity contribution in [1.82, 2.24) is 4.57 Å². The van der Waals surface area contributed by atoms with Crippen LogP contribution in [0.4, 0.5) is 10.5 Å². The monoisotopic (exact) mass is 592 g/mol. The van der Waals surface area contributed by atoms with Gasteiger partial charge in [0.1, 0.15) is 0 Å². The third-order valence-electron chi connectivity index (χ3n) is 5.13. The summed E-state index contributed by atoms with van der Waals surface area (Å²) < 4.78 is 11.4.